The van der Waals surface area contributed by atoms with Gasteiger partial charge in [-0.2, -0.15) is 4.98 Å². The Morgan fingerprint density at radius 1 is 1.35 bits per heavy atom. The van der Waals surface area contributed by atoms with Crippen molar-refractivity contribution in [3.05, 3.63) is 54.0 Å². The van der Waals surface area contributed by atoms with Crippen LogP contribution in [0.3, 0.4) is 0 Å². The van der Waals surface area contributed by atoms with Crippen LogP contribution >= 0.6 is 0 Å². The van der Waals surface area contributed by atoms with E-state index in [0.29, 0.717) is 25.1 Å². The lowest BCUT2D eigenvalue weighted by atomic mass is 9.97. The van der Waals surface area contributed by atoms with Crippen LogP contribution in [0.25, 0.3) is 0 Å². The first-order chi connectivity index (χ1) is 16.5. The van der Waals surface area contributed by atoms with Crippen molar-refractivity contribution in [3.8, 4) is 0 Å². The van der Waals surface area contributed by atoms with Gasteiger partial charge in [0.2, 0.25) is 11.9 Å². The molecule has 0 spiro atoms. The molecule has 1 fully saturated rings. The van der Waals surface area contributed by atoms with Crippen LogP contribution < -0.4 is 10.6 Å². The maximum atomic E-state index is 14.5. The Balaban J connectivity index is 1.44. The Labute approximate surface area is 201 Å². The fourth-order valence-corrected chi connectivity index (χ4v) is 4.91. The van der Waals surface area contributed by atoms with E-state index < -0.39 is 5.82 Å². The highest BCUT2D eigenvalue weighted by Gasteiger charge is 2.24. The van der Waals surface area contributed by atoms with Gasteiger partial charge in [-0.25, -0.2) is 9.37 Å². The van der Waals surface area contributed by atoms with E-state index in [4.69, 9.17) is 0 Å². The maximum absolute atomic E-state index is 14.5. The zero-order valence-electron chi connectivity index (χ0n) is 20.2. The summed E-state index contributed by atoms with van der Waals surface area (Å²) in [6.45, 7) is 11.3. The van der Waals surface area contributed by atoms with Gasteiger partial charge < -0.3 is 15.5 Å². The van der Waals surface area contributed by atoms with Gasteiger partial charge in [-0.3, -0.25) is 9.69 Å². The van der Waals surface area contributed by atoms with Gasteiger partial charge in [0.1, 0.15) is 0 Å². The van der Waals surface area contributed by atoms with E-state index in [1.54, 1.807) is 4.90 Å². The van der Waals surface area contributed by atoms with Crippen LogP contribution in [-0.4, -0.2) is 57.4 Å². The zero-order valence-corrected chi connectivity index (χ0v) is 20.2. The minimum atomic E-state index is -0.510. The number of fused-ring (bicyclic) bond motifs is 1. The number of rotatable bonds is 8. The molecule has 182 valence electrons. The molecule has 1 aromatic heterocycles. The van der Waals surface area contributed by atoms with Gasteiger partial charge in [0.05, 0.1) is 6.20 Å². The predicted octanol–water partition coefficient (Wildman–Crippen LogP) is 4.49. The van der Waals surface area contributed by atoms with Crippen molar-refractivity contribution in [2.75, 3.05) is 30.3 Å². The van der Waals surface area contributed by atoms with E-state index in [1.165, 1.54) is 36.2 Å². The third-order valence-electron chi connectivity index (χ3n) is 6.83. The van der Waals surface area contributed by atoms with Gasteiger partial charge in [0.25, 0.3) is 0 Å². The summed E-state index contributed by atoms with van der Waals surface area (Å²) in [7, 11) is 0. The number of nitrogens with one attached hydrogen (secondary N) is 2. The number of nitrogens with zero attached hydrogens (tertiary/aromatic N) is 4. The highest BCUT2D eigenvalue weighted by Crippen LogP contribution is 2.26. The standard InChI is InChI=1S/C26H35FN6O/c1-4-7-18(3)32-13-11-19-9-10-21(14-20(19)16-32)30-26-28-15-23(27)25(31-26)29-22-8-6-12-33(17-22)24(34)5-2/h5,9-10,14-15,18,22H,2,4,6-8,11-13,16-17H2,1,3H3,(H2,28,29,30,31)/t18?,22-/m1/s1. The van der Waals surface area contributed by atoms with Crippen molar-refractivity contribution < 1.29 is 9.18 Å². The molecule has 34 heavy (non-hydrogen) atoms. The average Bonchev–Trinajstić information content (AvgIpc) is 2.85. The Kier molecular flexibility index (Phi) is 7.77. The highest BCUT2D eigenvalue weighted by atomic mass is 19.1. The van der Waals surface area contributed by atoms with E-state index in [-0.39, 0.29) is 17.8 Å². The largest absolute Gasteiger partial charge is 0.363 e. The van der Waals surface area contributed by atoms with Crippen molar-refractivity contribution in [1.29, 1.82) is 0 Å². The molecule has 0 radical (unpaired) electrons. The number of carbonyl (C=O) groups excluding carboxylic acids is 1. The number of amides is 1. The summed E-state index contributed by atoms with van der Waals surface area (Å²) in [5.74, 6) is -0.130. The number of anilines is 3. The molecule has 4 rings (SSSR count). The lowest BCUT2D eigenvalue weighted by Gasteiger charge is -2.34. The highest BCUT2D eigenvalue weighted by molar-refractivity contribution is 5.87. The van der Waals surface area contributed by atoms with Crippen LogP contribution in [-0.2, 0) is 17.8 Å². The van der Waals surface area contributed by atoms with Crippen LogP contribution in [0.2, 0.25) is 0 Å². The molecular weight excluding hydrogens is 431 g/mol. The molecule has 1 saturated heterocycles. The van der Waals surface area contributed by atoms with Gasteiger partial charge in [0.15, 0.2) is 11.6 Å². The monoisotopic (exact) mass is 466 g/mol. The molecule has 2 aliphatic rings. The number of halogens is 1. The molecule has 8 heteroatoms. The topological polar surface area (TPSA) is 73.4 Å². The van der Waals surface area contributed by atoms with Crippen molar-refractivity contribution in [3.63, 3.8) is 0 Å². The normalized spacial score (nSPS) is 19.3. The molecule has 2 N–H and O–H groups in total. The molecular formula is C26H35FN6O. The molecule has 1 amide bonds. The summed E-state index contributed by atoms with van der Waals surface area (Å²) >= 11 is 0. The summed E-state index contributed by atoms with van der Waals surface area (Å²) in [6, 6.07) is 6.84. The molecule has 3 heterocycles. The Hall–Kier alpha value is -3.00. The number of aromatic nitrogens is 2. The summed E-state index contributed by atoms with van der Waals surface area (Å²) in [4.78, 5) is 24.7. The summed E-state index contributed by atoms with van der Waals surface area (Å²) in [5.41, 5.74) is 3.58. The van der Waals surface area contributed by atoms with Crippen molar-refractivity contribution in [2.24, 2.45) is 0 Å². The fourth-order valence-electron chi connectivity index (χ4n) is 4.91. The first kappa shape index (κ1) is 24.1. The second-order valence-electron chi connectivity index (χ2n) is 9.33. The first-order valence-corrected chi connectivity index (χ1v) is 12.3. The van der Waals surface area contributed by atoms with Gasteiger partial charge in [-0.15, -0.1) is 0 Å². The number of likely N-dealkylation sites (tertiary alicyclic amines) is 1. The van der Waals surface area contributed by atoms with Gasteiger partial charge in [-0.1, -0.05) is 26.0 Å². The molecule has 7 nitrogen and oxygen atoms in total. The predicted molar refractivity (Wildman–Crippen MR) is 134 cm³/mol. The number of benzene rings is 1. The lowest BCUT2D eigenvalue weighted by molar-refractivity contribution is -0.127. The summed E-state index contributed by atoms with van der Waals surface area (Å²) in [6.07, 6.45) is 7.62. The quantitative estimate of drug-likeness (QED) is 0.559. The van der Waals surface area contributed by atoms with Gasteiger partial charge >= 0.3 is 0 Å². The summed E-state index contributed by atoms with van der Waals surface area (Å²) < 4.78 is 14.5. The minimum Gasteiger partial charge on any atom is -0.363 e. The Morgan fingerprint density at radius 2 is 2.21 bits per heavy atom. The van der Waals surface area contributed by atoms with Crippen molar-refractivity contribution in [1.82, 2.24) is 19.8 Å². The van der Waals surface area contributed by atoms with Crippen LogP contribution in [0.1, 0.15) is 50.7 Å². The van der Waals surface area contributed by atoms with Crippen LogP contribution in [0, 0.1) is 5.82 Å². The minimum absolute atomic E-state index is 0.0743. The van der Waals surface area contributed by atoms with E-state index >= 15 is 0 Å². The first-order valence-electron chi connectivity index (χ1n) is 12.3. The number of hydrogen-bond donors (Lipinski definition) is 2. The Morgan fingerprint density at radius 3 is 3.00 bits per heavy atom. The Bertz CT molecular complexity index is 1030. The van der Waals surface area contributed by atoms with E-state index in [0.717, 1.165) is 38.0 Å². The average molecular weight is 467 g/mol. The van der Waals surface area contributed by atoms with Crippen molar-refractivity contribution in [2.45, 2.75) is 64.6 Å². The van der Waals surface area contributed by atoms with Crippen LogP contribution in [0.4, 0.5) is 21.8 Å². The number of carbonyl (C=O) groups is 1. The number of hydrogen-bond acceptors (Lipinski definition) is 6. The van der Waals surface area contributed by atoms with E-state index in [9.17, 15) is 9.18 Å². The van der Waals surface area contributed by atoms with Crippen LogP contribution in [0.5, 0.6) is 0 Å². The van der Waals surface area contributed by atoms with E-state index in [2.05, 4.69) is 58.1 Å². The third-order valence-corrected chi connectivity index (χ3v) is 6.83. The van der Waals surface area contributed by atoms with Crippen LogP contribution in [0.15, 0.2) is 37.1 Å². The molecule has 2 atom stereocenters. The second-order valence-corrected chi connectivity index (χ2v) is 9.33. The SMILES string of the molecule is C=CC(=O)N1CCC[C@@H](Nc2nc(Nc3ccc4c(c3)CN(C(C)CCC)CC4)ncc2F)C1. The second kappa shape index (κ2) is 11.0. The fraction of sp³-hybridized carbons (Fsp3) is 0.500. The molecule has 2 aliphatic heterocycles. The molecule has 1 aromatic carbocycles. The van der Waals surface area contributed by atoms with E-state index in [1.807, 2.05) is 6.07 Å². The molecule has 1 unspecified atom stereocenters. The molecule has 0 saturated carbocycles. The van der Waals surface area contributed by atoms with Gasteiger partial charge in [-0.05, 0) is 61.9 Å². The zero-order chi connectivity index (χ0) is 24.1. The third kappa shape index (κ3) is 5.73. The number of piperidine rings is 1. The van der Waals surface area contributed by atoms with Crippen molar-refractivity contribution >= 4 is 23.4 Å². The van der Waals surface area contributed by atoms with Gasteiger partial charge in [0, 0.05) is 44.0 Å². The molecule has 0 aliphatic carbocycles. The maximum Gasteiger partial charge on any atom is 0.246 e. The lowest BCUT2D eigenvalue weighted by Crippen LogP contribution is -2.44. The smallest absolute Gasteiger partial charge is 0.246 e. The molecule has 0 bridgehead atoms. The summed E-state index contributed by atoms with van der Waals surface area (Å²) in [5, 5.41) is 6.40. The molecule has 2 aromatic rings.